The van der Waals surface area contributed by atoms with Crippen LogP contribution in [0.2, 0.25) is 5.02 Å². The number of esters is 1. The minimum absolute atomic E-state index is 0.108. The van der Waals surface area contributed by atoms with Gasteiger partial charge in [-0.1, -0.05) is 61.8 Å². The molecule has 2 rings (SSSR count). The highest BCUT2D eigenvalue weighted by atomic mass is 35.5. The Morgan fingerprint density at radius 2 is 1.74 bits per heavy atom. The molecule has 0 heterocycles. The Bertz CT molecular complexity index is 913. The second-order valence-electron chi connectivity index (χ2n) is 7.66. The van der Waals surface area contributed by atoms with Crippen LogP contribution in [-0.2, 0) is 25.5 Å². The number of carbonyl (C=O) groups excluding carboxylic acids is 2. The fraction of sp³-hybridized carbons (Fsp3) is 0.348. The molecule has 0 aliphatic rings. The van der Waals surface area contributed by atoms with Crippen molar-refractivity contribution in [3.8, 4) is 11.1 Å². The van der Waals surface area contributed by atoms with Crippen LogP contribution in [0.3, 0.4) is 0 Å². The van der Waals surface area contributed by atoms with Crippen LogP contribution in [0.5, 0.6) is 0 Å². The van der Waals surface area contributed by atoms with Gasteiger partial charge in [-0.25, -0.2) is 9.59 Å². The highest BCUT2D eigenvalue weighted by molar-refractivity contribution is 6.31. The van der Waals surface area contributed by atoms with E-state index in [4.69, 9.17) is 21.4 Å². The molecule has 0 spiro atoms. The second kappa shape index (κ2) is 11.5. The molecule has 3 N–H and O–H groups in total. The van der Waals surface area contributed by atoms with Gasteiger partial charge in [-0.2, -0.15) is 0 Å². The Morgan fingerprint density at radius 1 is 1.06 bits per heavy atom. The highest BCUT2D eigenvalue weighted by Crippen LogP contribution is 2.23. The lowest BCUT2D eigenvalue weighted by Gasteiger charge is -2.21. The first-order chi connectivity index (χ1) is 14.7. The summed E-state index contributed by atoms with van der Waals surface area (Å²) >= 11 is 6.03. The number of ether oxygens (including phenoxy) is 1. The number of aliphatic carboxylic acids is 1. The summed E-state index contributed by atoms with van der Waals surface area (Å²) in [6.45, 7) is 3.89. The van der Waals surface area contributed by atoms with E-state index < -0.39 is 30.0 Å². The fourth-order valence-corrected chi connectivity index (χ4v) is 3.13. The molecule has 0 saturated heterocycles. The third kappa shape index (κ3) is 8.03. The number of hydrogen-bond acceptors (Lipinski definition) is 5. The zero-order valence-electron chi connectivity index (χ0n) is 17.4. The zero-order valence-corrected chi connectivity index (χ0v) is 18.1. The molecule has 0 bridgehead atoms. The van der Waals surface area contributed by atoms with Crippen LogP contribution in [0.1, 0.15) is 25.8 Å². The normalized spacial score (nSPS) is 12.8. The topological polar surface area (TPSA) is 113 Å². The average molecular weight is 448 g/mol. The summed E-state index contributed by atoms with van der Waals surface area (Å²) in [7, 11) is 0. The van der Waals surface area contributed by atoms with E-state index >= 15 is 0 Å². The first-order valence-corrected chi connectivity index (χ1v) is 10.3. The van der Waals surface area contributed by atoms with Gasteiger partial charge in [0.05, 0.1) is 6.61 Å². The lowest BCUT2D eigenvalue weighted by atomic mass is 9.98. The lowest BCUT2D eigenvalue weighted by Crippen LogP contribution is -2.43. The van der Waals surface area contributed by atoms with Crippen LogP contribution in [-0.4, -0.2) is 46.8 Å². The Hall–Kier alpha value is -2.90. The van der Waals surface area contributed by atoms with Gasteiger partial charge >= 0.3 is 17.8 Å². The van der Waals surface area contributed by atoms with Crippen molar-refractivity contribution in [2.24, 2.45) is 5.92 Å². The molecule has 2 aromatic rings. The maximum atomic E-state index is 12.0. The number of amides is 1. The van der Waals surface area contributed by atoms with E-state index in [2.05, 4.69) is 5.32 Å². The molecule has 7 nitrogen and oxygen atoms in total. The molecule has 0 aliphatic carbocycles. The van der Waals surface area contributed by atoms with Crippen LogP contribution >= 0.6 is 11.6 Å². The van der Waals surface area contributed by atoms with Gasteiger partial charge in [0.2, 0.25) is 0 Å². The summed E-state index contributed by atoms with van der Waals surface area (Å²) in [5.74, 6) is -3.54. The van der Waals surface area contributed by atoms with Crippen molar-refractivity contribution >= 4 is 29.4 Å². The summed E-state index contributed by atoms with van der Waals surface area (Å²) in [4.78, 5) is 34.6. The minimum Gasteiger partial charge on any atom is -0.474 e. The molecule has 0 aromatic heterocycles. The fourth-order valence-electron chi connectivity index (χ4n) is 2.94. The Morgan fingerprint density at radius 3 is 2.32 bits per heavy atom. The number of carboxylic acid groups (broad SMARTS) is 1. The molecular weight excluding hydrogens is 422 g/mol. The van der Waals surface area contributed by atoms with Gasteiger partial charge in [-0.05, 0) is 41.2 Å². The first kappa shape index (κ1) is 24.4. The zero-order chi connectivity index (χ0) is 23.0. The van der Waals surface area contributed by atoms with Crippen LogP contribution in [0.4, 0.5) is 0 Å². The van der Waals surface area contributed by atoms with Gasteiger partial charge in [0.1, 0.15) is 0 Å². The molecule has 31 heavy (non-hydrogen) atoms. The number of benzene rings is 2. The van der Waals surface area contributed by atoms with Gasteiger partial charge in [-0.3, -0.25) is 4.79 Å². The summed E-state index contributed by atoms with van der Waals surface area (Å²) < 4.78 is 5.01. The van der Waals surface area contributed by atoms with E-state index in [0.29, 0.717) is 5.02 Å². The molecule has 0 radical (unpaired) electrons. The monoisotopic (exact) mass is 447 g/mol. The number of nitrogens with one attached hydrogen (secondary N) is 1. The summed E-state index contributed by atoms with van der Waals surface area (Å²) in [5, 5.41) is 22.0. The van der Waals surface area contributed by atoms with Crippen molar-refractivity contribution in [3.05, 3.63) is 59.1 Å². The van der Waals surface area contributed by atoms with Gasteiger partial charge in [0.25, 0.3) is 0 Å². The number of carbonyl (C=O) groups is 3. The molecular formula is C23H26ClNO6. The minimum atomic E-state index is -1.64. The molecule has 0 saturated carbocycles. The average Bonchev–Trinajstić information content (AvgIpc) is 2.72. The molecule has 2 aromatic carbocycles. The SMILES string of the molecule is CC(C)COC(=O)C(O)C[C@@H](Cc1ccc(-c2cccc(Cl)c2)cc1)NC(=O)C(=O)O. The molecule has 2 atom stereocenters. The summed E-state index contributed by atoms with van der Waals surface area (Å²) in [6, 6.07) is 14.0. The first-order valence-electron chi connectivity index (χ1n) is 9.89. The Labute approximate surface area is 186 Å². The molecule has 0 aliphatic heterocycles. The van der Waals surface area contributed by atoms with Crippen molar-refractivity contribution in [2.75, 3.05) is 6.61 Å². The van der Waals surface area contributed by atoms with E-state index in [1.54, 1.807) is 6.07 Å². The van der Waals surface area contributed by atoms with Crippen molar-refractivity contribution in [1.82, 2.24) is 5.32 Å². The van der Waals surface area contributed by atoms with Crippen LogP contribution < -0.4 is 5.32 Å². The predicted octanol–water partition coefficient (Wildman–Crippen LogP) is 3.07. The van der Waals surface area contributed by atoms with E-state index in [9.17, 15) is 19.5 Å². The smallest absolute Gasteiger partial charge is 0.394 e. The van der Waals surface area contributed by atoms with E-state index in [1.165, 1.54) is 0 Å². The number of aliphatic hydroxyl groups is 1. The number of halogens is 1. The van der Waals surface area contributed by atoms with Crippen molar-refractivity contribution in [2.45, 2.75) is 38.8 Å². The van der Waals surface area contributed by atoms with Crippen LogP contribution in [0, 0.1) is 5.92 Å². The summed E-state index contributed by atoms with van der Waals surface area (Å²) in [5.41, 5.74) is 2.68. The Kier molecular flexibility index (Phi) is 9.03. The van der Waals surface area contributed by atoms with Crippen LogP contribution in [0.25, 0.3) is 11.1 Å². The van der Waals surface area contributed by atoms with E-state index in [0.717, 1.165) is 16.7 Å². The maximum Gasteiger partial charge on any atom is 0.394 e. The van der Waals surface area contributed by atoms with Crippen LogP contribution in [0.15, 0.2) is 48.5 Å². The number of aliphatic hydroxyl groups excluding tert-OH is 1. The molecule has 166 valence electrons. The van der Waals surface area contributed by atoms with Crippen molar-refractivity contribution in [1.29, 1.82) is 0 Å². The molecule has 0 fully saturated rings. The van der Waals surface area contributed by atoms with Gasteiger partial charge in [0, 0.05) is 17.5 Å². The maximum absolute atomic E-state index is 12.0. The quantitative estimate of drug-likeness (QED) is 0.402. The largest absolute Gasteiger partial charge is 0.474 e. The third-order valence-electron chi connectivity index (χ3n) is 4.46. The standard InChI is InChI=1S/C23H26ClNO6/c1-14(2)13-31-23(30)20(26)12-19(25-21(27)22(28)29)10-15-6-8-16(9-7-15)17-4-3-5-18(24)11-17/h3-9,11,14,19-20,26H,10,12-13H2,1-2H3,(H,25,27)(H,28,29)/t19-,20?/m1/s1. The van der Waals surface area contributed by atoms with Gasteiger partial charge in [0.15, 0.2) is 6.10 Å². The Balaban J connectivity index is 2.10. The van der Waals surface area contributed by atoms with Gasteiger partial charge in [-0.15, -0.1) is 0 Å². The second-order valence-corrected chi connectivity index (χ2v) is 8.10. The third-order valence-corrected chi connectivity index (χ3v) is 4.70. The molecule has 1 amide bonds. The van der Waals surface area contributed by atoms with Crippen molar-refractivity contribution < 1.29 is 29.3 Å². The van der Waals surface area contributed by atoms with E-state index in [1.807, 2.05) is 56.3 Å². The van der Waals surface area contributed by atoms with Gasteiger partial charge < -0.3 is 20.3 Å². The molecule has 8 heteroatoms. The summed E-state index contributed by atoms with van der Waals surface area (Å²) in [6.07, 6.45) is -1.43. The molecule has 1 unspecified atom stereocenters. The number of carboxylic acids is 1. The lowest BCUT2D eigenvalue weighted by molar-refractivity contribution is -0.155. The number of hydrogen-bond donors (Lipinski definition) is 3. The van der Waals surface area contributed by atoms with Crippen molar-refractivity contribution in [3.63, 3.8) is 0 Å². The van der Waals surface area contributed by atoms with E-state index in [-0.39, 0.29) is 25.4 Å². The number of rotatable bonds is 9. The highest BCUT2D eigenvalue weighted by Gasteiger charge is 2.25. The predicted molar refractivity (Wildman–Crippen MR) is 117 cm³/mol.